The fourth-order valence-corrected chi connectivity index (χ4v) is 2.72. The number of hydrogen-bond acceptors (Lipinski definition) is 4. The van der Waals surface area contributed by atoms with Gasteiger partial charge in [0.05, 0.1) is 13.2 Å². The molecule has 24 heavy (non-hydrogen) atoms. The van der Waals surface area contributed by atoms with Crippen LogP contribution >= 0.6 is 0 Å². The van der Waals surface area contributed by atoms with Crippen LogP contribution in [0.4, 0.5) is 0 Å². The Balaban J connectivity index is 2.39. The lowest BCUT2D eigenvalue weighted by atomic mass is 10.0. The first-order chi connectivity index (χ1) is 11.5. The van der Waals surface area contributed by atoms with Crippen molar-refractivity contribution in [1.82, 2.24) is 10.6 Å². The van der Waals surface area contributed by atoms with Gasteiger partial charge in [0.1, 0.15) is 12.2 Å². The summed E-state index contributed by atoms with van der Waals surface area (Å²) >= 11 is 0. The van der Waals surface area contributed by atoms with Crippen LogP contribution in [0.2, 0.25) is 0 Å². The first-order valence-corrected chi connectivity index (χ1v) is 8.52. The minimum absolute atomic E-state index is 0.0666. The van der Waals surface area contributed by atoms with Crippen LogP contribution in [0.3, 0.4) is 0 Å². The predicted octanol–water partition coefficient (Wildman–Crippen LogP) is 1.57. The van der Waals surface area contributed by atoms with Crippen LogP contribution in [0.25, 0.3) is 0 Å². The first-order valence-electron chi connectivity index (χ1n) is 8.52. The maximum Gasteiger partial charge on any atom is 0.249 e. The Labute approximate surface area is 144 Å². The van der Waals surface area contributed by atoms with Crippen molar-refractivity contribution >= 4 is 11.8 Å². The zero-order chi connectivity index (χ0) is 17.9. The van der Waals surface area contributed by atoms with E-state index in [9.17, 15) is 9.59 Å². The van der Waals surface area contributed by atoms with E-state index in [2.05, 4.69) is 23.8 Å². The molecular weight excluding hydrogens is 308 g/mol. The number of ether oxygens (including phenoxy) is 2. The summed E-state index contributed by atoms with van der Waals surface area (Å²) in [5.74, 6) is -0.0321. The van der Waals surface area contributed by atoms with E-state index in [4.69, 9.17) is 9.47 Å². The fourth-order valence-electron chi connectivity index (χ4n) is 2.72. The van der Waals surface area contributed by atoms with Crippen molar-refractivity contribution in [3.05, 3.63) is 25.3 Å². The Morgan fingerprint density at radius 3 is 2.25 bits per heavy atom. The van der Waals surface area contributed by atoms with Gasteiger partial charge in [-0.25, -0.2) is 0 Å². The van der Waals surface area contributed by atoms with E-state index in [1.807, 2.05) is 0 Å². The van der Waals surface area contributed by atoms with E-state index in [0.29, 0.717) is 19.8 Å². The monoisotopic (exact) mass is 338 g/mol. The number of rotatable bonds is 11. The van der Waals surface area contributed by atoms with Crippen molar-refractivity contribution in [3.8, 4) is 0 Å². The van der Waals surface area contributed by atoms with Gasteiger partial charge in [-0.3, -0.25) is 9.59 Å². The maximum absolute atomic E-state index is 12.1. The summed E-state index contributed by atoms with van der Waals surface area (Å²) < 4.78 is 10.6. The molecule has 0 radical (unpaired) electrons. The van der Waals surface area contributed by atoms with Crippen LogP contribution in [0.1, 0.15) is 33.1 Å². The summed E-state index contributed by atoms with van der Waals surface area (Å²) in [6, 6.07) is 0.0666. The number of carbonyl (C=O) groups excluding carboxylic acids is 2. The largest absolute Gasteiger partial charge is 0.365 e. The molecular formula is C18H30N2O4. The number of carbonyl (C=O) groups is 2. The van der Waals surface area contributed by atoms with E-state index >= 15 is 0 Å². The number of hydrogen-bond donors (Lipinski definition) is 2. The molecule has 1 saturated carbocycles. The summed E-state index contributed by atoms with van der Waals surface area (Å²) in [6.45, 7) is 11.8. The molecule has 0 spiro atoms. The Morgan fingerprint density at radius 2 is 1.67 bits per heavy atom. The molecule has 0 aliphatic heterocycles. The summed E-state index contributed by atoms with van der Waals surface area (Å²) in [5, 5.41) is 5.94. The van der Waals surface area contributed by atoms with E-state index in [1.165, 1.54) is 0 Å². The summed E-state index contributed by atoms with van der Waals surface area (Å²) in [5.41, 5.74) is 0. The molecule has 2 amide bonds. The van der Waals surface area contributed by atoms with Crippen molar-refractivity contribution in [2.24, 2.45) is 5.92 Å². The highest BCUT2D eigenvalue weighted by molar-refractivity contribution is 5.81. The molecule has 4 atom stereocenters. The molecule has 1 aliphatic carbocycles. The Morgan fingerprint density at radius 1 is 1.08 bits per heavy atom. The van der Waals surface area contributed by atoms with Gasteiger partial charge in [-0.1, -0.05) is 18.6 Å². The minimum Gasteiger partial charge on any atom is -0.365 e. The highest BCUT2D eigenvalue weighted by Gasteiger charge is 2.30. The SMILES string of the molecule is C=CCO[C@H](C)C(=O)NC[C@@H]1CCC[C@H]1NC(=O)[C@@H](C)OCC=C. The van der Waals surface area contributed by atoms with Crippen LogP contribution in [0, 0.1) is 5.92 Å². The normalized spacial score (nSPS) is 22.4. The van der Waals surface area contributed by atoms with Gasteiger partial charge in [-0.2, -0.15) is 0 Å². The van der Waals surface area contributed by atoms with Crippen LogP contribution in [0.15, 0.2) is 25.3 Å². The van der Waals surface area contributed by atoms with E-state index in [0.717, 1.165) is 19.3 Å². The average molecular weight is 338 g/mol. The molecule has 1 fully saturated rings. The van der Waals surface area contributed by atoms with Gasteiger partial charge in [0.2, 0.25) is 11.8 Å². The first kappa shape index (κ1) is 20.4. The van der Waals surface area contributed by atoms with Gasteiger partial charge < -0.3 is 20.1 Å². The molecule has 2 N–H and O–H groups in total. The Hall–Kier alpha value is -1.66. The standard InChI is InChI=1S/C18H30N2O4/c1-5-10-23-13(3)17(21)19-12-15-8-7-9-16(15)20-18(22)14(4)24-11-6-2/h5-6,13-16H,1-2,7-12H2,3-4H3,(H,19,21)(H,20,22)/t13-,14-,15+,16-/m1/s1. The number of amides is 2. The van der Waals surface area contributed by atoms with E-state index in [1.54, 1.807) is 26.0 Å². The second-order valence-electron chi connectivity index (χ2n) is 6.08. The molecule has 1 rings (SSSR count). The van der Waals surface area contributed by atoms with Crippen LogP contribution in [-0.2, 0) is 19.1 Å². The molecule has 6 nitrogen and oxygen atoms in total. The average Bonchev–Trinajstić information content (AvgIpc) is 3.02. The van der Waals surface area contributed by atoms with Gasteiger partial charge >= 0.3 is 0 Å². The molecule has 0 saturated heterocycles. The van der Waals surface area contributed by atoms with Crippen LogP contribution in [0.5, 0.6) is 0 Å². The predicted molar refractivity (Wildman–Crippen MR) is 93.5 cm³/mol. The Bertz CT molecular complexity index is 439. The lowest BCUT2D eigenvalue weighted by Crippen LogP contribution is -2.46. The molecule has 0 bridgehead atoms. The van der Waals surface area contributed by atoms with Crippen molar-refractivity contribution in [3.63, 3.8) is 0 Å². The fraction of sp³-hybridized carbons (Fsp3) is 0.667. The molecule has 0 aromatic heterocycles. The zero-order valence-electron chi connectivity index (χ0n) is 14.8. The van der Waals surface area contributed by atoms with Crippen molar-refractivity contribution in [2.45, 2.75) is 51.4 Å². The molecule has 0 aromatic carbocycles. The lowest BCUT2D eigenvalue weighted by molar-refractivity contribution is -0.132. The molecule has 0 aromatic rings. The second kappa shape index (κ2) is 11.0. The van der Waals surface area contributed by atoms with Crippen LogP contribution < -0.4 is 10.6 Å². The maximum atomic E-state index is 12.1. The minimum atomic E-state index is -0.509. The third-order valence-corrected chi connectivity index (χ3v) is 4.19. The Kier molecular flexibility index (Phi) is 9.34. The van der Waals surface area contributed by atoms with Crippen molar-refractivity contribution in [2.75, 3.05) is 19.8 Å². The summed E-state index contributed by atoms with van der Waals surface area (Å²) in [6.07, 6.45) is 5.15. The van der Waals surface area contributed by atoms with Crippen molar-refractivity contribution in [1.29, 1.82) is 0 Å². The topological polar surface area (TPSA) is 76.7 Å². The van der Waals surface area contributed by atoms with Gasteiger partial charge in [0.25, 0.3) is 0 Å². The third-order valence-electron chi connectivity index (χ3n) is 4.19. The highest BCUT2D eigenvalue weighted by atomic mass is 16.5. The van der Waals surface area contributed by atoms with Crippen LogP contribution in [-0.4, -0.2) is 49.8 Å². The van der Waals surface area contributed by atoms with Gasteiger partial charge in [-0.15, -0.1) is 13.2 Å². The summed E-state index contributed by atoms with van der Waals surface area (Å²) in [7, 11) is 0. The quantitative estimate of drug-likeness (QED) is 0.561. The third kappa shape index (κ3) is 6.84. The van der Waals surface area contributed by atoms with E-state index < -0.39 is 12.2 Å². The molecule has 0 unspecified atom stereocenters. The number of nitrogens with one attached hydrogen (secondary N) is 2. The summed E-state index contributed by atoms with van der Waals surface area (Å²) in [4.78, 5) is 24.1. The highest BCUT2D eigenvalue weighted by Crippen LogP contribution is 2.25. The van der Waals surface area contributed by atoms with Crippen molar-refractivity contribution < 1.29 is 19.1 Å². The second-order valence-corrected chi connectivity index (χ2v) is 6.08. The van der Waals surface area contributed by atoms with Gasteiger partial charge in [0, 0.05) is 12.6 Å². The lowest BCUT2D eigenvalue weighted by Gasteiger charge is -2.23. The van der Waals surface area contributed by atoms with Gasteiger partial charge in [0.15, 0.2) is 0 Å². The smallest absolute Gasteiger partial charge is 0.249 e. The van der Waals surface area contributed by atoms with Gasteiger partial charge in [-0.05, 0) is 32.6 Å². The zero-order valence-corrected chi connectivity index (χ0v) is 14.8. The molecule has 0 heterocycles. The van der Waals surface area contributed by atoms with E-state index in [-0.39, 0.29) is 23.8 Å². The molecule has 136 valence electrons. The molecule has 6 heteroatoms. The molecule has 1 aliphatic rings.